The molecule has 170 valence electrons. The Kier molecular flexibility index (Phi) is 6.28. The maximum atomic E-state index is 12.7. The van der Waals surface area contributed by atoms with Crippen LogP contribution in [0.5, 0.6) is 11.5 Å². The second-order valence-corrected chi connectivity index (χ2v) is 8.36. The summed E-state index contributed by atoms with van der Waals surface area (Å²) in [5.74, 6) is 1.33. The van der Waals surface area contributed by atoms with E-state index >= 15 is 0 Å². The van der Waals surface area contributed by atoms with E-state index in [2.05, 4.69) is 34.5 Å². The molecule has 0 aliphatic carbocycles. The SMILES string of the molecule is CNC(=O)N1C=C(c2ccc(N3CC[C@H](O)C3)cc2)c2cc(OC)c(OC)cc2C[C@@H]1C. The van der Waals surface area contributed by atoms with Gasteiger partial charge in [-0.3, -0.25) is 4.90 Å². The number of nitrogens with one attached hydrogen (secondary N) is 1. The second kappa shape index (κ2) is 9.12. The zero-order valence-electron chi connectivity index (χ0n) is 19.1. The van der Waals surface area contributed by atoms with Crippen molar-refractivity contribution in [1.29, 1.82) is 0 Å². The van der Waals surface area contributed by atoms with Gasteiger partial charge in [0.25, 0.3) is 0 Å². The maximum absolute atomic E-state index is 12.7. The molecule has 0 bridgehead atoms. The fourth-order valence-corrected chi connectivity index (χ4v) is 4.54. The van der Waals surface area contributed by atoms with Crippen LogP contribution in [-0.2, 0) is 6.42 Å². The van der Waals surface area contributed by atoms with Crippen molar-refractivity contribution in [2.45, 2.75) is 31.9 Å². The lowest BCUT2D eigenvalue weighted by molar-refractivity contribution is 0.198. The highest BCUT2D eigenvalue weighted by Gasteiger charge is 2.27. The molecule has 2 aliphatic heterocycles. The number of aliphatic hydroxyl groups is 1. The molecule has 7 nitrogen and oxygen atoms in total. The molecule has 4 rings (SSSR count). The fourth-order valence-electron chi connectivity index (χ4n) is 4.54. The lowest BCUT2D eigenvalue weighted by Crippen LogP contribution is -2.40. The Morgan fingerprint density at radius 3 is 2.41 bits per heavy atom. The van der Waals surface area contributed by atoms with Crippen LogP contribution in [0.1, 0.15) is 30.0 Å². The van der Waals surface area contributed by atoms with Gasteiger partial charge in [-0.05, 0) is 60.7 Å². The van der Waals surface area contributed by atoms with Crippen molar-refractivity contribution in [3.8, 4) is 11.5 Å². The van der Waals surface area contributed by atoms with Gasteiger partial charge in [0, 0.05) is 43.6 Å². The van der Waals surface area contributed by atoms with Crippen LogP contribution in [0.15, 0.2) is 42.6 Å². The Labute approximate surface area is 189 Å². The number of rotatable bonds is 4. The van der Waals surface area contributed by atoms with Crippen molar-refractivity contribution in [1.82, 2.24) is 10.2 Å². The van der Waals surface area contributed by atoms with Crippen molar-refractivity contribution in [3.05, 3.63) is 59.3 Å². The molecule has 32 heavy (non-hydrogen) atoms. The molecule has 0 spiro atoms. The van der Waals surface area contributed by atoms with Gasteiger partial charge in [0.05, 0.1) is 20.3 Å². The van der Waals surface area contributed by atoms with Crippen LogP contribution in [0.2, 0.25) is 0 Å². The van der Waals surface area contributed by atoms with Gasteiger partial charge >= 0.3 is 6.03 Å². The van der Waals surface area contributed by atoms with Gasteiger partial charge in [-0.15, -0.1) is 0 Å². The van der Waals surface area contributed by atoms with Crippen molar-refractivity contribution in [2.24, 2.45) is 0 Å². The lowest BCUT2D eigenvalue weighted by Gasteiger charge is -2.24. The van der Waals surface area contributed by atoms with Crippen LogP contribution in [0.4, 0.5) is 10.5 Å². The van der Waals surface area contributed by atoms with Crippen LogP contribution in [0.3, 0.4) is 0 Å². The summed E-state index contributed by atoms with van der Waals surface area (Å²) in [5.41, 5.74) is 5.15. The Bertz CT molecular complexity index is 1020. The first-order chi connectivity index (χ1) is 15.4. The lowest BCUT2D eigenvalue weighted by atomic mass is 9.92. The van der Waals surface area contributed by atoms with Crippen LogP contribution in [0.25, 0.3) is 5.57 Å². The molecule has 7 heteroatoms. The van der Waals surface area contributed by atoms with E-state index in [1.54, 1.807) is 26.2 Å². The maximum Gasteiger partial charge on any atom is 0.321 e. The summed E-state index contributed by atoms with van der Waals surface area (Å²) < 4.78 is 11.1. The number of hydrogen-bond acceptors (Lipinski definition) is 5. The van der Waals surface area contributed by atoms with Crippen molar-refractivity contribution in [3.63, 3.8) is 0 Å². The zero-order chi connectivity index (χ0) is 22.8. The third-order valence-corrected chi connectivity index (χ3v) is 6.31. The topological polar surface area (TPSA) is 74.3 Å². The predicted octanol–water partition coefficient (Wildman–Crippen LogP) is 3.25. The van der Waals surface area contributed by atoms with Crippen LogP contribution in [-0.4, -0.2) is 62.5 Å². The molecule has 0 aromatic heterocycles. The molecular weight excluding hydrogens is 406 g/mol. The monoisotopic (exact) mass is 437 g/mol. The summed E-state index contributed by atoms with van der Waals surface area (Å²) in [6.45, 7) is 3.55. The molecule has 2 N–H and O–H groups in total. The smallest absolute Gasteiger partial charge is 0.321 e. The summed E-state index contributed by atoms with van der Waals surface area (Å²) in [4.78, 5) is 16.6. The quantitative estimate of drug-likeness (QED) is 0.768. The second-order valence-electron chi connectivity index (χ2n) is 8.36. The predicted molar refractivity (Wildman–Crippen MR) is 125 cm³/mol. The number of methoxy groups -OCH3 is 2. The van der Waals surface area contributed by atoms with Gasteiger partial charge in [-0.25, -0.2) is 4.79 Å². The number of amides is 2. The first-order valence-corrected chi connectivity index (χ1v) is 11.0. The molecule has 2 amide bonds. The highest BCUT2D eigenvalue weighted by molar-refractivity contribution is 5.87. The van der Waals surface area contributed by atoms with Crippen LogP contribution in [0, 0.1) is 0 Å². The third-order valence-electron chi connectivity index (χ3n) is 6.31. The number of aliphatic hydroxyl groups excluding tert-OH is 1. The van der Waals surface area contributed by atoms with E-state index in [0.717, 1.165) is 40.9 Å². The molecule has 2 aliphatic rings. The number of ether oxygens (including phenoxy) is 2. The number of benzene rings is 2. The number of nitrogens with zero attached hydrogens (tertiary/aromatic N) is 2. The van der Waals surface area contributed by atoms with E-state index in [-0.39, 0.29) is 18.2 Å². The van der Waals surface area contributed by atoms with Crippen molar-refractivity contribution >= 4 is 17.3 Å². The number of carbonyl (C=O) groups excluding carboxylic acids is 1. The molecule has 2 atom stereocenters. The van der Waals surface area contributed by atoms with Gasteiger partial charge in [-0.2, -0.15) is 0 Å². The third kappa shape index (κ3) is 4.12. The van der Waals surface area contributed by atoms with E-state index in [9.17, 15) is 9.90 Å². The highest BCUT2D eigenvalue weighted by atomic mass is 16.5. The summed E-state index contributed by atoms with van der Waals surface area (Å²) in [5, 5.41) is 12.6. The minimum atomic E-state index is -0.267. The van der Waals surface area contributed by atoms with Crippen LogP contribution >= 0.6 is 0 Å². The van der Waals surface area contributed by atoms with Crippen LogP contribution < -0.4 is 19.7 Å². The Balaban J connectivity index is 1.80. The Morgan fingerprint density at radius 1 is 1.12 bits per heavy atom. The van der Waals surface area contributed by atoms with Gasteiger partial charge in [0.2, 0.25) is 0 Å². The van der Waals surface area contributed by atoms with E-state index in [4.69, 9.17) is 9.47 Å². The fraction of sp³-hybridized carbons (Fsp3) is 0.400. The van der Waals surface area contributed by atoms with Crippen molar-refractivity contribution < 1.29 is 19.4 Å². The number of carbonyl (C=O) groups is 1. The first-order valence-electron chi connectivity index (χ1n) is 11.0. The number of urea groups is 1. The average molecular weight is 438 g/mol. The zero-order valence-corrected chi connectivity index (χ0v) is 19.1. The van der Waals surface area contributed by atoms with Gasteiger partial charge in [0.1, 0.15) is 0 Å². The standard InChI is InChI=1S/C25H31N3O4/c1-16-11-18-12-23(31-3)24(32-4)13-21(18)22(15-28(16)25(30)26-2)17-5-7-19(8-6-17)27-10-9-20(29)14-27/h5-8,12-13,15-16,20,29H,9-11,14H2,1-4H3,(H,26,30)/t16-,20-/m0/s1. The van der Waals surface area contributed by atoms with E-state index in [0.29, 0.717) is 24.5 Å². The first kappa shape index (κ1) is 22.0. The number of anilines is 1. The molecule has 0 unspecified atom stereocenters. The summed E-state index contributed by atoms with van der Waals surface area (Å²) >= 11 is 0. The van der Waals surface area contributed by atoms with E-state index in [1.807, 2.05) is 25.3 Å². The normalized spacial score (nSPS) is 20.3. The Hall–Kier alpha value is -3.19. The molecule has 2 aromatic rings. The number of hydrogen-bond donors (Lipinski definition) is 2. The van der Waals surface area contributed by atoms with Crippen molar-refractivity contribution in [2.75, 3.05) is 39.3 Å². The number of β-amino-alcohol motifs (C(OH)–C–C–N with tert-alkyl or cyclic N) is 1. The molecule has 2 heterocycles. The van der Waals surface area contributed by atoms with Gasteiger partial charge in [-0.1, -0.05) is 12.1 Å². The average Bonchev–Trinajstić information content (AvgIpc) is 3.19. The molecular formula is C25H31N3O4. The molecule has 1 saturated heterocycles. The largest absolute Gasteiger partial charge is 0.493 e. The minimum Gasteiger partial charge on any atom is -0.493 e. The molecule has 0 radical (unpaired) electrons. The summed E-state index contributed by atoms with van der Waals surface area (Å²) in [7, 11) is 4.90. The molecule has 0 saturated carbocycles. The molecule has 2 aromatic carbocycles. The van der Waals surface area contributed by atoms with E-state index < -0.39 is 0 Å². The summed E-state index contributed by atoms with van der Waals surface area (Å²) in [6.07, 6.45) is 3.14. The van der Waals surface area contributed by atoms with E-state index in [1.165, 1.54) is 0 Å². The molecule has 1 fully saturated rings. The minimum absolute atomic E-state index is 0.0327. The highest BCUT2D eigenvalue weighted by Crippen LogP contribution is 2.39. The number of fused-ring (bicyclic) bond motifs is 1. The Morgan fingerprint density at radius 2 is 1.81 bits per heavy atom. The van der Waals surface area contributed by atoms with Gasteiger partial charge < -0.3 is 24.8 Å². The van der Waals surface area contributed by atoms with Gasteiger partial charge in [0.15, 0.2) is 11.5 Å². The summed E-state index contributed by atoms with van der Waals surface area (Å²) in [6, 6.07) is 12.1.